The molecular weight excluding hydrogens is 260 g/mol. The average Bonchev–Trinajstić information content (AvgIpc) is 2.86. The normalized spacial score (nSPS) is 12.8. The van der Waals surface area contributed by atoms with Crippen molar-refractivity contribution < 1.29 is 4.42 Å². The molecule has 2 aromatic carbocycles. The minimum atomic E-state index is -0.141. The van der Waals surface area contributed by atoms with Gasteiger partial charge in [0.05, 0.1) is 0 Å². The Morgan fingerprint density at radius 2 is 1.67 bits per heavy atom. The molecule has 0 radical (unpaired) electrons. The van der Waals surface area contributed by atoms with Crippen LogP contribution in [0.2, 0.25) is 0 Å². The molecule has 0 saturated carbocycles. The molecule has 21 heavy (non-hydrogen) atoms. The fourth-order valence-corrected chi connectivity index (χ4v) is 2.72. The van der Waals surface area contributed by atoms with Crippen LogP contribution in [0.25, 0.3) is 11.0 Å². The molecule has 3 N–H and O–H groups in total. The van der Waals surface area contributed by atoms with Crippen LogP contribution < -0.4 is 11.3 Å². The fraction of sp³-hybridized carbons (Fsp3) is 0.222. The lowest BCUT2D eigenvalue weighted by Gasteiger charge is -2.17. The number of nitrogens with two attached hydrogens (primary N) is 1. The summed E-state index contributed by atoms with van der Waals surface area (Å²) < 4.78 is 5.98. The second-order valence-electron chi connectivity index (χ2n) is 5.65. The van der Waals surface area contributed by atoms with Gasteiger partial charge in [-0.3, -0.25) is 5.84 Å². The van der Waals surface area contributed by atoms with Crippen molar-refractivity contribution in [1.82, 2.24) is 5.43 Å². The van der Waals surface area contributed by atoms with Gasteiger partial charge in [-0.2, -0.15) is 0 Å². The SMILES string of the molecule is Cc1ccc(C)c(C(NN)c2cc3cc(C)ccc3o2)c1. The minimum absolute atomic E-state index is 0.141. The highest BCUT2D eigenvalue weighted by Crippen LogP contribution is 2.30. The third-order valence-electron chi connectivity index (χ3n) is 3.89. The zero-order valence-electron chi connectivity index (χ0n) is 12.6. The van der Waals surface area contributed by atoms with Gasteiger partial charge in [-0.15, -0.1) is 0 Å². The van der Waals surface area contributed by atoms with Crippen molar-refractivity contribution in [2.75, 3.05) is 0 Å². The first-order chi connectivity index (χ1) is 10.1. The van der Waals surface area contributed by atoms with E-state index in [1.807, 2.05) is 6.07 Å². The predicted octanol–water partition coefficient (Wildman–Crippen LogP) is 3.91. The summed E-state index contributed by atoms with van der Waals surface area (Å²) >= 11 is 0. The maximum absolute atomic E-state index is 5.98. The molecule has 0 aliphatic heterocycles. The van der Waals surface area contributed by atoms with E-state index in [0.717, 1.165) is 22.3 Å². The maximum Gasteiger partial charge on any atom is 0.134 e. The van der Waals surface area contributed by atoms with Crippen LogP contribution in [0.15, 0.2) is 46.9 Å². The molecule has 0 bridgehead atoms. The van der Waals surface area contributed by atoms with Crippen LogP contribution in [-0.4, -0.2) is 0 Å². The van der Waals surface area contributed by atoms with E-state index in [2.05, 4.69) is 62.6 Å². The first kappa shape index (κ1) is 13.9. The molecule has 0 aliphatic carbocycles. The highest BCUT2D eigenvalue weighted by molar-refractivity contribution is 5.79. The summed E-state index contributed by atoms with van der Waals surface area (Å²) in [5, 5.41) is 1.11. The van der Waals surface area contributed by atoms with Gasteiger partial charge in [0.2, 0.25) is 0 Å². The first-order valence-corrected chi connectivity index (χ1v) is 7.12. The van der Waals surface area contributed by atoms with Gasteiger partial charge in [-0.25, -0.2) is 5.43 Å². The Morgan fingerprint density at radius 3 is 2.43 bits per heavy atom. The maximum atomic E-state index is 5.98. The molecule has 3 heteroatoms. The molecule has 0 spiro atoms. The zero-order chi connectivity index (χ0) is 15.0. The van der Waals surface area contributed by atoms with Crippen molar-refractivity contribution in [2.24, 2.45) is 5.84 Å². The summed E-state index contributed by atoms with van der Waals surface area (Å²) in [5.74, 6) is 6.64. The van der Waals surface area contributed by atoms with Crippen molar-refractivity contribution in [3.8, 4) is 0 Å². The molecule has 1 unspecified atom stereocenters. The van der Waals surface area contributed by atoms with Crippen LogP contribution in [0.5, 0.6) is 0 Å². The van der Waals surface area contributed by atoms with Gasteiger partial charge in [0.15, 0.2) is 0 Å². The van der Waals surface area contributed by atoms with Gasteiger partial charge in [0, 0.05) is 5.39 Å². The fourth-order valence-electron chi connectivity index (χ4n) is 2.72. The summed E-state index contributed by atoms with van der Waals surface area (Å²) in [6.45, 7) is 6.25. The van der Waals surface area contributed by atoms with E-state index in [1.54, 1.807) is 0 Å². The molecule has 0 fully saturated rings. The Morgan fingerprint density at radius 1 is 0.952 bits per heavy atom. The van der Waals surface area contributed by atoms with Crippen LogP contribution in [0.3, 0.4) is 0 Å². The van der Waals surface area contributed by atoms with Crippen LogP contribution in [-0.2, 0) is 0 Å². The summed E-state index contributed by atoms with van der Waals surface area (Å²) in [4.78, 5) is 0. The Labute approximate surface area is 124 Å². The number of benzene rings is 2. The van der Waals surface area contributed by atoms with E-state index < -0.39 is 0 Å². The van der Waals surface area contributed by atoms with Crippen LogP contribution in [0.1, 0.15) is 34.1 Å². The molecule has 0 amide bonds. The number of hydrogen-bond acceptors (Lipinski definition) is 3. The number of fused-ring (bicyclic) bond motifs is 1. The number of nitrogens with one attached hydrogen (secondary N) is 1. The van der Waals surface area contributed by atoms with Crippen molar-refractivity contribution in [1.29, 1.82) is 0 Å². The number of rotatable bonds is 3. The molecular formula is C18H20N2O. The number of furan rings is 1. The van der Waals surface area contributed by atoms with Crippen LogP contribution >= 0.6 is 0 Å². The van der Waals surface area contributed by atoms with Crippen molar-refractivity contribution in [3.05, 3.63) is 70.5 Å². The van der Waals surface area contributed by atoms with Crippen LogP contribution in [0.4, 0.5) is 0 Å². The van der Waals surface area contributed by atoms with Gasteiger partial charge in [0.1, 0.15) is 17.4 Å². The molecule has 3 rings (SSSR count). The van der Waals surface area contributed by atoms with E-state index in [9.17, 15) is 0 Å². The number of aryl methyl sites for hydroxylation is 3. The molecule has 1 aromatic heterocycles. The highest BCUT2D eigenvalue weighted by Gasteiger charge is 2.19. The molecule has 1 heterocycles. The van der Waals surface area contributed by atoms with Gasteiger partial charge < -0.3 is 4.42 Å². The molecule has 108 valence electrons. The standard InChI is InChI=1S/C18H20N2O/c1-11-5-7-16-14(8-11)10-17(21-16)18(20-19)15-9-12(2)4-6-13(15)3/h4-10,18,20H,19H2,1-3H3. The molecule has 3 nitrogen and oxygen atoms in total. The van der Waals surface area contributed by atoms with Crippen molar-refractivity contribution in [3.63, 3.8) is 0 Å². The van der Waals surface area contributed by atoms with E-state index in [0.29, 0.717) is 0 Å². The van der Waals surface area contributed by atoms with Gasteiger partial charge in [-0.05, 0) is 50.1 Å². The van der Waals surface area contributed by atoms with Gasteiger partial charge >= 0.3 is 0 Å². The van der Waals surface area contributed by atoms with Crippen molar-refractivity contribution in [2.45, 2.75) is 26.8 Å². The summed E-state index contributed by atoms with van der Waals surface area (Å²) in [7, 11) is 0. The lowest BCUT2D eigenvalue weighted by atomic mass is 9.97. The van der Waals surface area contributed by atoms with Gasteiger partial charge in [-0.1, -0.05) is 35.4 Å². The van der Waals surface area contributed by atoms with E-state index in [1.165, 1.54) is 16.7 Å². The molecule has 0 saturated heterocycles. The van der Waals surface area contributed by atoms with E-state index >= 15 is 0 Å². The Balaban J connectivity index is 2.11. The molecule has 0 aliphatic rings. The quantitative estimate of drug-likeness (QED) is 0.565. The number of hydrazine groups is 1. The van der Waals surface area contributed by atoms with E-state index in [4.69, 9.17) is 10.3 Å². The summed E-state index contributed by atoms with van der Waals surface area (Å²) in [6, 6.07) is 14.5. The topological polar surface area (TPSA) is 51.2 Å². The van der Waals surface area contributed by atoms with E-state index in [-0.39, 0.29) is 6.04 Å². The smallest absolute Gasteiger partial charge is 0.134 e. The first-order valence-electron chi connectivity index (χ1n) is 7.12. The lowest BCUT2D eigenvalue weighted by Crippen LogP contribution is -2.29. The zero-order valence-corrected chi connectivity index (χ0v) is 12.6. The highest BCUT2D eigenvalue weighted by atomic mass is 16.3. The lowest BCUT2D eigenvalue weighted by molar-refractivity contribution is 0.476. The Kier molecular flexibility index (Phi) is 3.53. The second kappa shape index (κ2) is 5.35. The molecule has 1 atom stereocenters. The average molecular weight is 280 g/mol. The summed E-state index contributed by atoms with van der Waals surface area (Å²) in [5.41, 5.74) is 8.55. The third kappa shape index (κ3) is 2.58. The second-order valence-corrected chi connectivity index (χ2v) is 5.65. The predicted molar refractivity (Wildman–Crippen MR) is 86.0 cm³/mol. The van der Waals surface area contributed by atoms with Crippen LogP contribution in [0, 0.1) is 20.8 Å². The Bertz CT molecular complexity index is 789. The third-order valence-corrected chi connectivity index (χ3v) is 3.89. The molecule has 3 aromatic rings. The minimum Gasteiger partial charge on any atom is -0.459 e. The van der Waals surface area contributed by atoms with Crippen molar-refractivity contribution >= 4 is 11.0 Å². The largest absolute Gasteiger partial charge is 0.459 e. The van der Waals surface area contributed by atoms with Gasteiger partial charge in [0.25, 0.3) is 0 Å². The monoisotopic (exact) mass is 280 g/mol. The number of hydrogen-bond donors (Lipinski definition) is 2. The Hall–Kier alpha value is -2.10. The summed E-state index contributed by atoms with van der Waals surface area (Å²) in [6.07, 6.45) is 0.